The number of aliphatic carboxylic acids is 1. The van der Waals surface area contributed by atoms with Gasteiger partial charge in [-0.3, -0.25) is 9.59 Å². The first kappa shape index (κ1) is 50.4. The SMILES string of the molecule is CCCCC/C=C\C/C=C\CCCCCCCCCCCCCC(=O)OC(CCCCCCCCCCCCCCCCCCC)CCCC(=O)O. The molecule has 4 heteroatoms. The molecule has 0 rings (SSSR count). The molecule has 0 aliphatic carbocycles. The number of hydrogen-bond acceptors (Lipinski definition) is 3. The van der Waals surface area contributed by atoms with Crippen molar-refractivity contribution in [3.05, 3.63) is 24.3 Å². The van der Waals surface area contributed by atoms with Crippen LogP contribution in [0.25, 0.3) is 0 Å². The van der Waals surface area contributed by atoms with Gasteiger partial charge in [-0.1, -0.05) is 212 Å². The van der Waals surface area contributed by atoms with Crippen LogP contribution in [0.15, 0.2) is 24.3 Å². The fraction of sp³-hybridized carbons (Fsp3) is 0.875. The summed E-state index contributed by atoms with van der Waals surface area (Å²) in [5, 5.41) is 9.07. The van der Waals surface area contributed by atoms with Crippen molar-refractivity contribution in [3.63, 3.8) is 0 Å². The van der Waals surface area contributed by atoms with Gasteiger partial charge < -0.3 is 9.84 Å². The van der Waals surface area contributed by atoms with Crippen molar-refractivity contribution < 1.29 is 19.4 Å². The van der Waals surface area contributed by atoms with Crippen LogP contribution < -0.4 is 0 Å². The number of carboxylic acids is 1. The molecule has 0 heterocycles. The summed E-state index contributed by atoms with van der Waals surface area (Å²) in [7, 11) is 0. The molecule has 1 atom stereocenters. The molecule has 0 spiro atoms. The van der Waals surface area contributed by atoms with Gasteiger partial charge in [0, 0.05) is 12.8 Å². The Morgan fingerprint density at radius 3 is 1.21 bits per heavy atom. The topological polar surface area (TPSA) is 63.6 Å². The van der Waals surface area contributed by atoms with Crippen LogP contribution in [0, 0.1) is 0 Å². The van der Waals surface area contributed by atoms with Gasteiger partial charge >= 0.3 is 11.9 Å². The van der Waals surface area contributed by atoms with E-state index in [4.69, 9.17) is 9.84 Å². The molecule has 4 nitrogen and oxygen atoms in total. The Morgan fingerprint density at radius 2 is 0.769 bits per heavy atom. The Kier molecular flexibility index (Phi) is 42.5. The Bertz CT molecular complexity index is 787. The number of unbranched alkanes of at least 4 members (excludes halogenated alkanes) is 30. The highest BCUT2D eigenvalue weighted by atomic mass is 16.5. The van der Waals surface area contributed by atoms with Crippen LogP contribution in [0.3, 0.4) is 0 Å². The van der Waals surface area contributed by atoms with Crippen molar-refractivity contribution >= 4 is 11.9 Å². The van der Waals surface area contributed by atoms with E-state index in [1.54, 1.807) is 0 Å². The van der Waals surface area contributed by atoms with Gasteiger partial charge in [-0.15, -0.1) is 0 Å². The predicted molar refractivity (Wildman–Crippen MR) is 227 cm³/mol. The second-order valence-corrected chi connectivity index (χ2v) is 15.9. The third-order valence-corrected chi connectivity index (χ3v) is 10.7. The number of esters is 1. The molecule has 0 aliphatic heterocycles. The van der Waals surface area contributed by atoms with E-state index in [2.05, 4.69) is 38.2 Å². The highest BCUT2D eigenvalue weighted by Gasteiger charge is 2.15. The standard InChI is InChI=1S/C48H90O4/c1-3-5-7-9-11-13-15-17-19-21-22-23-24-26-28-30-32-34-36-38-40-45-48(51)52-46(43-41-44-47(49)50)42-39-37-35-33-31-29-27-25-20-18-16-14-12-10-8-6-4-2/h11,13,17,19,46H,3-10,12,14-16,18,20-45H2,1-2H3,(H,49,50)/b13-11-,19-17-. The number of carbonyl (C=O) groups is 2. The lowest BCUT2D eigenvalue weighted by Crippen LogP contribution is -2.18. The molecule has 1 N–H and O–H groups in total. The molecule has 0 fully saturated rings. The number of ether oxygens (including phenoxy) is 1. The van der Waals surface area contributed by atoms with E-state index in [0.717, 1.165) is 32.1 Å². The molecule has 1 unspecified atom stereocenters. The van der Waals surface area contributed by atoms with Crippen molar-refractivity contribution in [2.24, 2.45) is 0 Å². The van der Waals surface area contributed by atoms with E-state index >= 15 is 0 Å². The first-order chi connectivity index (χ1) is 25.6. The maximum atomic E-state index is 12.6. The monoisotopic (exact) mass is 731 g/mol. The molecule has 52 heavy (non-hydrogen) atoms. The molecular weight excluding hydrogens is 641 g/mol. The maximum Gasteiger partial charge on any atom is 0.306 e. The molecule has 306 valence electrons. The summed E-state index contributed by atoms with van der Waals surface area (Å²) in [5.41, 5.74) is 0. The third kappa shape index (κ3) is 42.8. The number of carbonyl (C=O) groups excluding carboxylic acids is 1. The van der Waals surface area contributed by atoms with Gasteiger partial charge in [-0.25, -0.2) is 0 Å². The quantitative estimate of drug-likeness (QED) is 0.0385. The van der Waals surface area contributed by atoms with Crippen molar-refractivity contribution in [2.75, 3.05) is 0 Å². The minimum absolute atomic E-state index is 0.0857. The van der Waals surface area contributed by atoms with Crippen LogP contribution in [0.4, 0.5) is 0 Å². The number of allylic oxidation sites excluding steroid dienone is 4. The summed E-state index contributed by atoms with van der Waals surface area (Å²) in [5.74, 6) is -0.851. The summed E-state index contributed by atoms with van der Waals surface area (Å²) >= 11 is 0. The zero-order valence-electron chi connectivity index (χ0n) is 35.1. The Balaban J connectivity index is 3.72. The largest absolute Gasteiger partial charge is 0.481 e. The van der Waals surface area contributed by atoms with Crippen LogP contribution in [0.2, 0.25) is 0 Å². The van der Waals surface area contributed by atoms with Crippen molar-refractivity contribution in [1.29, 1.82) is 0 Å². The van der Waals surface area contributed by atoms with Crippen molar-refractivity contribution in [1.82, 2.24) is 0 Å². The third-order valence-electron chi connectivity index (χ3n) is 10.7. The number of hydrogen-bond donors (Lipinski definition) is 1. The molecule has 0 saturated carbocycles. The van der Waals surface area contributed by atoms with E-state index in [9.17, 15) is 9.59 Å². The van der Waals surface area contributed by atoms with E-state index < -0.39 is 5.97 Å². The van der Waals surface area contributed by atoms with E-state index in [0.29, 0.717) is 19.3 Å². The maximum absolute atomic E-state index is 12.6. The summed E-state index contributed by atoms with van der Waals surface area (Å²) in [4.78, 5) is 23.6. The van der Waals surface area contributed by atoms with Crippen LogP contribution >= 0.6 is 0 Å². The van der Waals surface area contributed by atoms with Gasteiger partial charge in [0.1, 0.15) is 6.10 Å². The second-order valence-electron chi connectivity index (χ2n) is 15.9. The van der Waals surface area contributed by atoms with Gasteiger partial charge in [0.25, 0.3) is 0 Å². The smallest absolute Gasteiger partial charge is 0.306 e. The van der Waals surface area contributed by atoms with Crippen molar-refractivity contribution in [2.45, 2.75) is 270 Å². The fourth-order valence-electron chi connectivity index (χ4n) is 7.23. The van der Waals surface area contributed by atoms with Crippen LogP contribution in [0.1, 0.15) is 264 Å². The lowest BCUT2D eigenvalue weighted by molar-refractivity contribution is -0.150. The van der Waals surface area contributed by atoms with Crippen LogP contribution in [-0.4, -0.2) is 23.1 Å². The van der Waals surface area contributed by atoms with Crippen LogP contribution in [-0.2, 0) is 14.3 Å². The normalized spacial score (nSPS) is 12.3. The Morgan fingerprint density at radius 1 is 0.423 bits per heavy atom. The summed E-state index contributed by atoms with van der Waals surface area (Å²) in [6.07, 6.45) is 56.4. The van der Waals surface area contributed by atoms with Gasteiger partial charge in [0.15, 0.2) is 0 Å². The minimum atomic E-state index is -0.765. The average molecular weight is 731 g/mol. The molecule has 0 saturated heterocycles. The Labute approximate surface area is 325 Å². The van der Waals surface area contributed by atoms with Gasteiger partial charge in [-0.2, -0.15) is 0 Å². The molecule has 0 radical (unpaired) electrons. The summed E-state index contributed by atoms with van der Waals surface area (Å²) in [6, 6.07) is 0. The van der Waals surface area contributed by atoms with Crippen LogP contribution in [0.5, 0.6) is 0 Å². The molecule has 0 aromatic carbocycles. The molecular formula is C48H90O4. The molecule has 0 aliphatic rings. The summed E-state index contributed by atoms with van der Waals surface area (Å²) in [6.45, 7) is 4.54. The minimum Gasteiger partial charge on any atom is -0.481 e. The van der Waals surface area contributed by atoms with Gasteiger partial charge in [0.05, 0.1) is 0 Å². The van der Waals surface area contributed by atoms with Gasteiger partial charge in [-0.05, 0) is 64.2 Å². The highest BCUT2D eigenvalue weighted by Crippen LogP contribution is 2.19. The fourth-order valence-corrected chi connectivity index (χ4v) is 7.23. The first-order valence-electron chi connectivity index (χ1n) is 23.3. The second kappa shape index (κ2) is 43.8. The predicted octanol–water partition coefficient (Wildman–Crippen LogP) is 16.3. The highest BCUT2D eigenvalue weighted by molar-refractivity contribution is 5.69. The zero-order chi connectivity index (χ0) is 37.8. The lowest BCUT2D eigenvalue weighted by atomic mass is 10.0. The Hall–Kier alpha value is -1.58. The summed E-state index contributed by atoms with van der Waals surface area (Å²) < 4.78 is 5.87. The molecule has 0 aromatic rings. The first-order valence-corrected chi connectivity index (χ1v) is 23.3. The van der Waals surface area contributed by atoms with E-state index in [-0.39, 0.29) is 18.5 Å². The molecule has 0 amide bonds. The average Bonchev–Trinajstić information content (AvgIpc) is 3.13. The van der Waals surface area contributed by atoms with Gasteiger partial charge in [0.2, 0.25) is 0 Å². The molecule has 0 bridgehead atoms. The van der Waals surface area contributed by atoms with E-state index in [1.165, 1.54) is 193 Å². The number of carboxylic acid groups (broad SMARTS) is 1. The lowest BCUT2D eigenvalue weighted by Gasteiger charge is -2.18. The van der Waals surface area contributed by atoms with E-state index in [1.807, 2.05) is 0 Å². The zero-order valence-corrected chi connectivity index (χ0v) is 35.1. The number of rotatable bonds is 43. The van der Waals surface area contributed by atoms with Crippen molar-refractivity contribution in [3.8, 4) is 0 Å². The molecule has 0 aromatic heterocycles.